The van der Waals surface area contributed by atoms with E-state index in [-0.39, 0.29) is 11.5 Å². The maximum Gasteiger partial charge on any atom is 0.157 e. The quantitative estimate of drug-likeness (QED) is 0.742. The van der Waals surface area contributed by atoms with Crippen LogP contribution in [0.1, 0.15) is 10.4 Å². The summed E-state index contributed by atoms with van der Waals surface area (Å²) < 4.78 is 0. The largest absolute Gasteiger partial charge is 0.504 e. The predicted molar refractivity (Wildman–Crippen MR) is 56.9 cm³/mol. The number of rotatable bonds is 2. The van der Waals surface area contributed by atoms with Crippen molar-refractivity contribution in [3.05, 3.63) is 46.2 Å². The molecule has 72 valence electrons. The van der Waals surface area contributed by atoms with Crippen LogP contribution in [-0.2, 0) is 6.42 Å². The molecule has 2 aromatic rings. The summed E-state index contributed by atoms with van der Waals surface area (Å²) in [4.78, 5) is 1.25. The van der Waals surface area contributed by atoms with Crippen LogP contribution in [0.25, 0.3) is 0 Å². The molecule has 0 bridgehead atoms. The van der Waals surface area contributed by atoms with Crippen LogP contribution in [0.5, 0.6) is 11.5 Å². The average Bonchev–Trinajstić information content (AvgIpc) is 2.64. The number of phenols is 2. The van der Waals surface area contributed by atoms with Crippen LogP contribution in [0.3, 0.4) is 0 Å². The lowest BCUT2D eigenvalue weighted by Crippen LogP contribution is -1.83. The number of phenolic OH excluding ortho intramolecular Hbond substituents is 2. The topological polar surface area (TPSA) is 40.5 Å². The lowest BCUT2D eigenvalue weighted by Gasteiger charge is -2.01. The van der Waals surface area contributed by atoms with E-state index in [0.717, 1.165) is 12.0 Å². The molecule has 0 aliphatic rings. The molecule has 0 saturated heterocycles. The highest BCUT2D eigenvalue weighted by Crippen LogP contribution is 2.26. The van der Waals surface area contributed by atoms with E-state index < -0.39 is 0 Å². The van der Waals surface area contributed by atoms with E-state index in [1.54, 1.807) is 17.4 Å². The zero-order chi connectivity index (χ0) is 9.97. The highest BCUT2D eigenvalue weighted by Gasteiger charge is 2.01. The fourth-order valence-corrected chi connectivity index (χ4v) is 2.03. The van der Waals surface area contributed by atoms with Crippen LogP contribution in [0.4, 0.5) is 0 Å². The van der Waals surface area contributed by atoms with E-state index in [1.807, 2.05) is 17.5 Å². The van der Waals surface area contributed by atoms with Gasteiger partial charge < -0.3 is 10.2 Å². The lowest BCUT2D eigenvalue weighted by atomic mass is 10.1. The van der Waals surface area contributed by atoms with Gasteiger partial charge in [-0.05, 0) is 29.1 Å². The molecular formula is C11H10O2S. The molecule has 0 spiro atoms. The first-order valence-corrected chi connectivity index (χ1v) is 5.17. The van der Waals surface area contributed by atoms with Crippen LogP contribution in [-0.4, -0.2) is 10.2 Å². The Kier molecular flexibility index (Phi) is 2.41. The zero-order valence-corrected chi connectivity index (χ0v) is 8.29. The standard InChI is InChI=1S/C11H10O2S/c12-10-4-3-8(7-11(10)13)6-9-2-1-5-14-9/h1-5,7,12-13H,6H2. The van der Waals surface area contributed by atoms with E-state index in [4.69, 9.17) is 5.11 Å². The van der Waals surface area contributed by atoms with Crippen molar-refractivity contribution < 1.29 is 10.2 Å². The van der Waals surface area contributed by atoms with Crippen LogP contribution in [0.2, 0.25) is 0 Å². The van der Waals surface area contributed by atoms with Gasteiger partial charge in [-0.15, -0.1) is 11.3 Å². The Labute approximate surface area is 86.1 Å². The van der Waals surface area contributed by atoms with Crippen LogP contribution in [0.15, 0.2) is 35.7 Å². The van der Waals surface area contributed by atoms with Crippen molar-refractivity contribution >= 4 is 11.3 Å². The SMILES string of the molecule is Oc1ccc(Cc2cccs2)cc1O. The summed E-state index contributed by atoms with van der Waals surface area (Å²) in [7, 11) is 0. The molecule has 1 heterocycles. The Bertz CT molecular complexity index is 421. The van der Waals surface area contributed by atoms with E-state index in [9.17, 15) is 5.11 Å². The fourth-order valence-electron chi connectivity index (χ4n) is 1.29. The van der Waals surface area contributed by atoms with Gasteiger partial charge in [-0.2, -0.15) is 0 Å². The van der Waals surface area contributed by atoms with E-state index in [2.05, 4.69) is 6.07 Å². The number of thiophene rings is 1. The lowest BCUT2D eigenvalue weighted by molar-refractivity contribution is 0.403. The summed E-state index contributed by atoms with van der Waals surface area (Å²) in [5.41, 5.74) is 1.00. The summed E-state index contributed by atoms with van der Waals surface area (Å²) >= 11 is 1.68. The second-order valence-corrected chi connectivity index (χ2v) is 4.11. The minimum atomic E-state index is -0.0695. The van der Waals surface area contributed by atoms with Gasteiger partial charge in [0, 0.05) is 11.3 Å². The summed E-state index contributed by atoms with van der Waals surface area (Å²) in [5, 5.41) is 20.4. The predicted octanol–water partition coefficient (Wildman–Crippen LogP) is 2.75. The van der Waals surface area contributed by atoms with Crippen molar-refractivity contribution in [2.24, 2.45) is 0 Å². The van der Waals surface area contributed by atoms with E-state index in [1.165, 1.54) is 10.9 Å². The van der Waals surface area contributed by atoms with Gasteiger partial charge in [-0.25, -0.2) is 0 Å². The molecule has 3 heteroatoms. The van der Waals surface area contributed by atoms with E-state index in [0.29, 0.717) is 0 Å². The molecule has 2 nitrogen and oxygen atoms in total. The number of benzene rings is 1. The molecule has 0 amide bonds. The van der Waals surface area contributed by atoms with Gasteiger partial charge in [-0.3, -0.25) is 0 Å². The summed E-state index contributed by atoms with van der Waals surface area (Å²) in [6.45, 7) is 0. The number of hydrogen-bond acceptors (Lipinski definition) is 3. The number of aromatic hydroxyl groups is 2. The van der Waals surface area contributed by atoms with Gasteiger partial charge >= 0.3 is 0 Å². The summed E-state index contributed by atoms with van der Waals surface area (Å²) in [6, 6.07) is 8.97. The molecule has 2 N–H and O–H groups in total. The Morgan fingerprint density at radius 2 is 1.93 bits per heavy atom. The van der Waals surface area contributed by atoms with Gasteiger partial charge in [0.2, 0.25) is 0 Å². The Balaban J connectivity index is 2.22. The molecule has 2 rings (SSSR count). The third-order valence-electron chi connectivity index (χ3n) is 2.00. The summed E-state index contributed by atoms with van der Waals surface area (Å²) in [6.07, 6.45) is 0.797. The van der Waals surface area contributed by atoms with Crippen molar-refractivity contribution in [3.63, 3.8) is 0 Å². The summed E-state index contributed by atoms with van der Waals surface area (Å²) in [5.74, 6) is -0.126. The highest BCUT2D eigenvalue weighted by molar-refractivity contribution is 7.09. The minimum absolute atomic E-state index is 0.0564. The first-order chi connectivity index (χ1) is 6.75. The van der Waals surface area contributed by atoms with Gasteiger partial charge in [0.15, 0.2) is 11.5 Å². The van der Waals surface area contributed by atoms with Crippen molar-refractivity contribution in [1.29, 1.82) is 0 Å². The molecule has 0 atom stereocenters. The van der Waals surface area contributed by atoms with Gasteiger partial charge in [0.25, 0.3) is 0 Å². The normalized spacial score (nSPS) is 10.3. The molecule has 0 saturated carbocycles. The Morgan fingerprint density at radius 3 is 2.57 bits per heavy atom. The smallest absolute Gasteiger partial charge is 0.157 e. The van der Waals surface area contributed by atoms with Crippen molar-refractivity contribution in [2.45, 2.75) is 6.42 Å². The average molecular weight is 206 g/mol. The third kappa shape index (κ3) is 1.88. The second-order valence-electron chi connectivity index (χ2n) is 3.08. The third-order valence-corrected chi connectivity index (χ3v) is 2.87. The molecule has 0 aliphatic heterocycles. The maximum atomic E-state index is 9.28. The maximum absolute atomic E-state index is 9.28. The van der Waals surface area contributed by atoms with Crippen molar-refractivity contribution in [3.8, 4) is 11.5 Å². The monoisotopic (exact) mass is 206 g/mol. The zero-order valence-electron chi connectivity index (χ0n) is 7.47. The molecule has 0 fully saturated rings. The van der Waals surface area contributed by atoms with Gasteiger partial charge in [0.05, 0.1) is 0 Å². The Hall–Kier alpha value is -1.48. The molecule has 0 unspecified atom stereocenters. The first kappa shape index (κ1) is 9.09. The highest BCUT2D eigenvalue weighted by atomic mass is 32.1. The Morgan fingerprint density at radius 1 is 1.07 bits per heavy atom. The fraction of sp³-hybridized carbons (Fsp3) is 0.0909. The molecule has 1 aromatic heterocycles. The van der Waals surface area contributed by atoms with Crippen LogP contribution in [0, 0.1) is 0 Å². The number of hydrogen-bond donors (Lipinski definition) is 2. The molecular weight excluding hydrogens is 196 g/mol. The van der Waals surface area contributed by atoms with Gasteiger partial charge in [-0.1, -0.05) is 12.1 Å². The van der Waals surface area contributed by atoms with Crippen molar-refractivity contribution in [1.82, 2.24) is 0 Å². The van der Waals surface area contributed by atoms with Crippen molar-refractivity contribution in [2.75, 3.05) is 0 Å². The molecule has 0 radical (unpaired) electrons. The van der Waals surface area contributed by atoms with Gasteiger partial charge in [0.1, 0.15) is 0 Å². The van der Waals surface area contributed by atoms with Crippen LogP contribution < -0.4 is 0 Å². The molecule has 14 heavy (non-hydrogen) atoms. The first-order valence-electron chi connectivity index (χ1n) is 4.29. The molecule has 0 aliphatic carbocycles. The second kappa shape index (κ2) is 3.72. The minimum Gasteiger partial charge on any atom is -0.504 e. The molecule has 1 aromatic carbocycles. The van der Waals surface area contributed by atoms with E-state index >= 15 is 0 Å². The van der Waals surface area contributed by atoms with Crippen LogP contribution >= 0.6 is 11.3 Å².